The van der Waals surface area contributed by atoms with Gasteiger partial charge in [0.25, 0.3) is 10.0 Å². The van der Waals surface area contributed by atoms with Gasteiger partial charge in [0.1, 0.15) is 22.3 Å². The van der Waals surface area contributed by atoms with E-state index in [0.717, 1.165) is 17.0 Å². The van der Waals surface area contributed by atoms with Crippen LogP contribution in [-0.4, -0.2) is 33.1 Å². The SMILES string of the molecule is CCOc1ncc(N2C(=O)N(Cc3c(F)cc(OC)cc3F)c3ccccc3S2(=O)=O)cc1C. The van der Waals surface area contributed by atoms with Crippen LogP contribution in [0.25, 0.3) is 0 Å². The van der Waals surface area contributed by atoms with Crippen molar-refractivity contribution in [2.45, 2.75) is 25.3 Å². The van der Waals surface area contributed by atoms with E-state index in [2.05, 4.69) is 4.98 Å². The number of carbonyl (C=O) groups excluding carboxylic acids is 1. The van der Waals surface area contributed by atoms with Gasteiger partial charge in [-0.2, -0.15) is 4.31 Å². The van der Waals surface area contributed by atoms with Crippen molar-refractivity contribution >= 4 is 27.4 Å². The molecule has 0 aliphatic carbocycles. The molecule has 8 nitrogen and oxygen atoms in total. The molecule has 1 aromatic heterocycles. The maximum atomic E-state index is 14.7. The number of nitrogens with zero attached hydrogens (tertiary/aromatic N) is 3. The van der Waals surface area contributed by atoms with Gasteiger partial charge in [0.15, 0.2) is 0 Å². The Morgan fingerprint density at radius 1 is 1.09 bits per heavy atom. The zero-order valence-corrected chi connectivity index (χ0v) is 19.4. The quantitative estimate of drug-likeness (QED) is 0.510. The van der Waals surface area contributed by atoms with E-state index in [-0.39, 0.29) is 22.0 Å². The first-order chi connectivity index (χ1) is 16.2. The molecule has 0 radical (unpaired) electrons. The molecule has 0 saturated carbocycles. The molecule has 34 heavy (non-hydrogen) atoms. The predicted molar refractivity (Wildman–Crippen MR) is 121 cm³/mol. The van der Waals surface area contributed by atoms with Gasteiger partial charge in [0, 0.05) is 23.3 Å². The summed E-state index contributed by atoms with van der Waals surface area (Å²) < 4.78 is 67.0. The zero-order chi connectivity index (χ0) is 24.6. The molecular weight excluding hydrogens is 468 g/mol. The number of fused-ring (bicyclic) bond motifs is 1. The number of aromatic nitrogens is 1. The summed E-state index contributed by atoms with van der Waals surface area (Å²) in [6.07, 6.45) is 1.20. The van der Waals surface area contributed by atoms with E-state index in [0.29, 0.717) is 22.4 Å². The van der Waals surface area contributed by atoms with Crippen molar-refractivity contribution in [2.75, 3.05) is 22.9 Å². The highest BCUT2D eigenvalue weighted by Crippen LogP contribution is 2.39. The van der Waals surface area contributed by atoms with E-state index in [1.807, 2.05) is 0 Å². The number of pyridine rings is 1. The highest BCUT2D eigenvalue weighted by Gasteiger charge is 2.43. The van der Waals surface area contributed by atoms with Gasteiger partial charge in [0.05, 0.1) is 37.8 Å². The second-order valence-corrected chi connectivity index (χ2v) is 9.18. The van der Waals surface area contributed by atoms with Crippen LogP contribution in [0.2, 0.25) is 0 Å². The van der Waals surface area contributed by atoms with E-state index in [1.54, 1.807) is 13.8 Å². The number of anilines is 2. The van der Waals surface area contributed by atoms with Gasteiger partial charge in [-0.1, -0.05) is 12.1 Å². The number of rotatable bonds is 6. The molecule has 0 fully saturated rings. The van der Waals surface area contributed by atoms with Crippen molar-refractivity contribution in [3.8, 4) is 11.6 Å². The van der Waals surface area contributed by atoms with Gasteiger partial charge in [-0.05, 0) is 32.0 Å². The Kier molecular flexibility index (Phi) is 6.13. The number of amides is 2. The molecule has 1 aliphatic heterocycles. The summed E-state index contributed by atoms with van der Waals surface area (Å²) in [5.74, 6) is -1.58. The van der Waals surface area contributed by atoms with Gasteiger partial charge in [0.2, 0.25) is 5.88 Å². The number of methoxy groups -OCH3 is 1. The fourth-order valence-corrected chi connectivity index (χ4v) is 5.24. The third-order valence-corrected chi connectivity index (χ3v) is 7.03. The molecule has 0 unspecified atom stereocenters. The first-order valence-electron chi connectivity index (χ1n) is 10.3. The molecule has 1 aliphatic rings. The Morgan fingerprint density at radius 3 is 2.38 bits per heavy atom. The van der Waals surface area contributed by atoms with Crippen LogP contribution in [0.3, 0.4) is 0 Å². The van der Waals surface area contributed by atoms with Crippen molar-refractivity contribution < 1.29 is 31.5 Å². The molecule has 2 heterocycles. The molecule has 2 aromatic carbocycles. The van der Waals surface area contributed by atoms with E-state index < -0.39 is 39.8 Å². The van der Waals surface area contributed by atoms with Crippen LogP contribution in [0.1, 0.15) is 18.1 Å². The number of sulfonamides is 1. The first kappa shape index (κ1) is 23.4. The maximum absolute atomic E-state index is 14.7. The molecular formula is C23H21F2N3O5S. The Morgan fingerprint density at radius 2 is 1.76 bits per heavy atom. The number of carbonyl (C=O) groups is 1. The molecule has 178 valence electrons. The van der Waals surface area contributed by atoms with Crippen LogP contribution in [0, 0.1) is 18.6 Å². The van der Waals surface area contributed by atoms with Gasteiger partial charge in [-0.25, -0.2) is 27.0 Å². The largest absolute Gasteiger partial charge is 0.497 e. The Bertz CT molecular complexity index is 1360. The van der Waals surface area contributed by atoms with Crippen LogP contribution < -0.4 is 18.7 Å². The molecule has 3 aromatic rings. The highest BCUT2D eigenvalue weighted by atomic mass is 32.2. The Hall–Kier alpha value is -3.73. The molecule has 0 N–H and O–H groups in total. The number of urea groups is 1. The van der Waals surface area contributed by atoms with Crippen molar-refractivity contribution in [1.82, 2.24) is 4.98 Å². The molecule has 2 amide bonds. The third-order valence-electron chi connectivity index (χ3n) is 5.28. The number of hydrogen-bond donors (Lipinski definition) is 0. The van der Waals surface area contributed by atoms with Crippen LogP contribution >= 0.6 is 0 Å². The molecule has 0 atom stereocenters. The second kappa shape index (κ2) is 8.90. The highest BCUT2D eigenvalue weighted by molar-refractivity contribution is 7.94. The summed E-state index contributed by atoms with van der Waals surface area (Å²) in [5.41, 5.74) is 0.0827. The predicted octanol–water partition coefficient (Wildman–Crippen LogP) is 4.41. The lowest BCUT2D eigenvalue weighted by atomic mass is 10.1. The number of hydrogen-bond acceptors (Lipinski definition) is 6. The fourth-order valence-electron chi connectivity index (χ4n) is 3.67. The van der Waals surface area contributed by atoms with Crippen LogP contribution in [0.4, 0.5) is 25.0 Å². The smallest absolute Gasteiger partial charge is 0.343 e. The zero-order valence-electron chi connectivity index (χ0n) is 18.6. The summed E-state index contributed by atoms with van der Waals surface area (Å²) in [4.78, 5) is 18.5. The first-order valence-corrected chi connectivity index (χ1v) is 11.7. The summed E-state index contributed by atoms with van der Waals surface area (Å²) in [7, 11) is -3.06. The number of halogens is 2. The van der Waals surface area contributed by atoms with Crippen LogP contribution in [-0.2, 0) is 16.6 Å². The lowest BCUT2D eigenvalue weighted by molar-refractivity contribution is 0.253. The number of benzene rings is 2. The summed E-state index contributed by atoms with van der Waals surface area (Å²) in [6, 6.07) is 8.20. The lowest BCUT2D eigenvalue weighted by Gasteiger charge is -2.36. The number of para-hydroxylation sites is 1. The monoisotopic (exact) mass is 489 g/mol. The van der Waals surface area contributed by atoms with Crippen LogP contribution in [0.5, 0.6) is 11.6 Å². The minimum Gasteiger partial charge on any atom is -0.497 e. The molecule has 0 spiro atoms. The van der Waals surface area contributed by atoms with Gasteiger partial charge in [-0.3, -0.25) is 4.90 Å². The van der Waals surface area contributed by atoms with Crippen molar-refractivity contribution in [3.63, 3.8) is 0 Å². The second-order valence-electron chi connectivity index (χ2n) is 7.42. The topological polar surface area (TPSA) is 89.0 Å². The third kappa shape index (κ3) is 3.92. The summed E-state index contributed by atoms with van der Waals surface area (Å²) in [6.45, 7) is 3.25. The minimum absolute atomic E-state index is 0.00832. The molecule has 0 bridgehead atoms. The fraction of sp³-hybridized carbons (Fsp3) is 0.217. The molecule has 0 saturated heterocycles. The Labute approximate surface area is 195 Å². The standard InChI is InChI=1S/C23H21F2N3O5S/c1-4-33-22-14(2)9-15(12-26-22)28-23(29)27(20-7-5-6-8-21(20)34(28,30)31)13-17-18(24)10-16(32-3)11-19(17)25/h5-12H,4,13H2,1-3H3. The van der Waals surface area contributed by atoms with E-state index >= 15 is 0 Å². The summed E-state index contributed by atoms with van der Waals surface area (Å²) in [5, 5.41) is 0. The number of ether oxygens (including phenoxy) is 2. The average molecular weight is 490 g/mol. The van der Waals surface area contributed by atoms with Gasteiger partial charge >= 0.3 is 6.03 Å². The Balaban J connectivity index is 1.84. The normalized spacial score (nSPS) is 14.7. The van der Waals surface area contributed by atoms with E-state index in [4.69, 9.17) is 9.47 Å². The average Bonchev–Trinajstić information content (AvgIpc) is 2.79. The van der Waals surface area contributed by atoms with Gasteiger partial charge < -0.3 is 9.47 Å². The number of aryl methyl sites for hydroxylation is 1. The molecule has 11 heteroatoms. The van der Waals surface area contributed by atoms with Gasteiger partial charge in [-0.15, -0.1) is 0 Å². The maximum Gasteiger partial charge on any atom is 0.343 e. The van der Waals surface area contributed by atoms with Crippen LogP contribution in [0.15, 0.2) is 53.6 Å². The van der Waals surface area contributed by atoms with Crippen molar-refractivity contribution in [1.29, 1.82) is 0 Å². The van der Waals surface area contributed by atoms with E-state index in [1.165, 1.54) is 43.6 Å². The summed E-state index contributed by atoms with van der Waals surface area (Å²) >= 11 is 0. The van der Waals surface area contributed by atoms with E-state index in [9.17, 15) is 22.0 Å². The molecule has 4 rings (SSSR count). The van der Waals surface area contributed by atoms with Crippen molar-refractivity contribution in [2.24, 2.45) is 0 Å². The van der Waals surface area contributed by atoms with Crippen molar-refractivity contribution in [3.05, 3.63) is 71.4 Å². The minimum atomic E-state index is -4.33. The lowest BCUT2D eigenvalue weighted by Crippen LogP contribution is -2.51.